The van der Waals surface area contributed by atoms with E-state index < -0.39 is 5.92 Å². The molecule has 1 N–H and O–H groups in total. The average Bonchev–Trinajstić information content (AvgIpc) is 3.34. The maximum Gasteiger partial charge on any atom is 0.293 e. The second kappa shape index (κ2) is 9.91. The molecule has 2 saturated heterocycles. The number of benzene rings is 2. The van der Waals surface area contributed by atoms with Crippen LogP contribution in [0, 0.1) is 5.92 Å². The molecule has 2 aliphatic heterocycles. The van der Waals surface area contributed by atoms with E-state index >= 15 is 0 Å². The predicted molar refractivity (Wildman–Crippen MR) is 126 cm³/mol. The van der Waals surface area contributed by atoms with E-state index in [0.29, 0.717) is 16.3 Å². The fraction of sp³-hybridized carbons (Fsp3) is 0.250. The van der Waals surface area contributed by atoms with Crippen LogP contribution in [-0.4, -0.2) is 54.6 Å². The number of amides is 4. The molecule has 2 aromatic carbocycles. The van der Waals surface area contributed by atoms with E-state index in [-0.39, 0.29) is 49.0 Å². The van der Waals surface area contributed by atoms with Crippen LogP contribution >= 0.6 is 11.8 Å². The highest BCUT2D eigenvalue weighted by atomic mass is 32.2. The Hall–Kier alpha value is -3.59. The molecule has 9 heteroatoms. The number of para-hydroxylation sites is 2. The Morgan fingerprint density at radius 1 is 1.12 bits per heavy atom. The quantitative estimate of drug-likeness (QED) is 0.632. The van der Waals surface area contributed by atoms with Gasteiger partial charge in [0.25, 0.3) is 11.1 Å². The molecule has 4 rings (SSSR count). The Balaban J connectivity index is 1.31. The van der Waals surface area contributed by atoms with Crippen LogP contribution in [0.15, 0.2) is 59.5 Å². The van der Waals surface area contributed by atoms with E-state index in [9.17, 15) is 19.2 Å². The van der Waals surface area contributed by atoms with Crippen LogP contribution in [0.3, 0.4) is 0 Å². The number of carbonyl (C=O) groups excluding carboxylic acids is 4. The maximum atomic E-state index is 12.6. The predicted octanol–water partition coefficient (Wildman–Crippen LogP) is 2.90. The van der Waals surface area contributed by atoms with Gasteiger partial charge in [0.15, 0.2) is 0 Å². The van der Waals surface area contributed by atoms with Crippen LogP contribution in [0.4, 0.5) is 10.5 Å². The normalized spacial score (nSPS) is 19.5. The minimum absolute atomic E-state index is 0.0689. The Morgan fingerprint density at radius 2 is 1.85 bits per heavy atom. The van der Waals surface area contributed by atoms with Crippen molar-refractivity contribution in [3.63, 3.8) is 0 Å². The van der Waals surface area contributed by atoms with Crippen LogP contribution in [0.1, 0.15) is 12.0 Å². The number of ether oxygens (including phenoxy) is 1. The minimum Gasteiger partial charge on any atom is -0.495 e. The molecule has 1 atom stereocenters. The molecule has 2 aromatic rings. The number of methoxy groups -OCH3 is 1. The number of carbonyl (C=O) groups is 4. The molecule has 8 nitrogen and oxygen atoms in total. The first-order valence-electron chi connectivity index (χ1n) is 10.5. The van der Waals surface area contributed by atoms with E-state index in [1.54, 1.807) is 29.2 Å². The van der Waals surface area contributed by atoms with Gasteiger partial charge in [0.05, 0.1) is 23.6 Å². The largest absolute Gasteiger partial charge is 0.495 e. The highest BCUT2D eigenvalue weighted by molar-refractivity contribution is 8.18. The van der Waals surface area contributed by atoms with Gasteiger partial charge in [0.1, 0.15) is 5.75 Å². The topological polar surface area (TPSA) is 96.0 Å². The number of nitrogens with zero attached hydrogens (tertiary/aromatic N) is 2. The summed E-state index contributed by atoms with van der Waals surface area (Å²) < 4.78 is 5.32. The lowest BCUT2D eigenvalue weighted by atomic mass is 10.1. The third-order valence-corrected chi connectivity index (χ3v) is 6.38. The molecule has 4 amide bonds. The summed E-state index contributed by atoms with van der Waals surface area (Å²) in [5.74, 6) is -0.768. The van der Waals surface area contributed by atoms with Crippen LogP contribution < -0.4 is 15.0 Å². The summed E-state index contributed by atoms with van der Waals surface area (Å²) in [6.07, 6.45) is 1.77. The highest BCUT2D eigenvalue weighted by Gasteiger charge is 2.37. The third kappa shape index (κ3) is 4.93. The van der Waals surface area contributed by atoms with E-state index in [1.165, 1.54) is 7.11 Å². The van der Waals surface area contributed by atoms with Gasteiger partial charge in [-0.05, 0) is 35.5 Å². The SMILES string of the molecule is COc1ccccc1N1CC(C(=O)NCCN2C(=O)SC(=Cc3ccccc3)C2=O)CC1=O. The van der Waals surface area contributed by atoms with Crippen molar-refractivity contribution in [2.45, 2.75) is 6.42 Å². The summed E-state index contributed by atoms with van der Waals surface area (Å²) in [4.78, 5) is 53.0. The van der Waals surface area contributed by atoms with Crippen molar-refractivity contribution in [1.82, 2.24) is 10.2 Å². The van der Waals surface area contributed by atoms with E-state index in [1.807, 2.05) is 36.4 Å². The number of hydrogen-bond donors (Lipinski definition) is 1. The molecule has 0 bridgehead atoms. The van der Waals surface area contributed by atoms with E-state index in [4.69, 9.17) is 4.74 Å². The third-order valence-electron chi connectivity index (χ3n) is 5.48. The number of rotatable bonds is 7. The van der Waals surface area contributed by atoms with Crippen molar-refractivity contribution >= 4 is 46.5 Å². The lowest BCUT2D eigenvalue weighted by molar-refractivity contribution is -0.127. The van der Waals surface area contributed by atoms with Gasteiger partial charge in [-0.3, -0.25) is 24.1 Å². The molecule has 2 aliphatic rings. The van der Waals surface area contributed by atoms with Gasteiger partial charge >= 0.3 is 0 Å². The molecule has 0 saturated carbocycles. The molecule has 0 spiro atoms. The maximum absolute atomic E-state index is 12.6. The minimum atomic E-state index is -0.518. The monoisotopic (exact) mass is 465 g/mol. The van der Waals surface area contributed by atoms with Crippen molar-refractivity contribution in [2.75, 3.05) is 31.6 Å². The van der Waals surface area contributed by atoms with Gasteiger partial charge in [0, 0.05) is 26.1 Å². The molecule has 0 aromatic heterocycles. The van der Waals surface area contributed by atoms with Crippen molar-refractivity contribution in [2.24, 2.45) is 5.92 Å². The molecule has 33 heavy (non-hydrogen) atoms. The first-order chi connectivity index (χ1) is 16.0. The Kier molecular flexibility index (Phi) is 6.79. The Morgan fingerprint density at radius 3 is 2.61 bits per heavy atom. The van der Waals surface area contributed by atoms with Crippen molar-refractivity contribution < 1.29 is 23.9 Å². The number of anilines is 1. The fourth-order valence-electron chi connectivity index (χ4n) is 3.80. The number of thioether (sulfide) groups is 1. The second-order valence-corrected chi connectivity index (χ2v) is 8.61. The number of hydrogen-bond acceptors (Lipinski definition) is 6. The Labute approximate surface area is 195 Å². The van der Waals surface area contributed by atoms with Gasteiger partial charge in [-0.2, -0.15) is 0 Å². The second-order valence-electron chi connectivity index (χ2n) is 7.61. The zero-order valence-electron chi connectivity index (χ0n) is 18.0. The van der Waals surface area contributed by atoms with Gasteiger partial charge in [0.2, 0.25) is 11.8 Å². The van der Waals surface area contributed by atoms with Crippen molar-refractivity contribution in [1.29, 1.82) is 0 Å². The summed E-state index contributed by atoms with van der Waals surface area (Å²) >= 11 is 0.885. The van der Waals surface area contributed by atoms with Crippen molar-refractivity contribution in [3.05, 3.63) is 65.1 Å². The van der Waals surface area contributed by atoms with Crippen LogP contribution in [0.2, 0.25) is 0 Å². The lowest BCUT2D eigenvalue weighted by Gasteiger charge is -2.19. The molecule has 170 valence electrons. The first kappa shape index (κ1) is 22.6. The first-order valence-corrected chi connectivity index (χ1v) is 11.3. The molecular formula is C24H23N3O5S. The smallest absolute Gasteiger partial charge is 0.293 e. The fourth-order valence-corrected chi connectivity index (χ4v) is 4.66. The zero-order chi connectivity index (χ0) is 23.4. The highest BCUT2D eigenvalue weighted by Crippen LogP contribution is 2.33. The summed E-state index contributed by atoms with van der Waals surface area (Å²) in [5, 5.41) is 2.39. The van der Waals surface area contributed by atoms with E-state index in [0.717, 1.165) is 22.2 Å². The summed E-state index contributed by atoms with van der Waals surface area (Å²) in [7, 11) is 1.53. The molecule has 0 radical (unpaired) electrons. The van der Waals surface area contributed by atoms with Gasteiger partial charge in [-0.1, -0.05) is 42.5 Å². The van der Waals surface area contributed by atoms with Crippen LogP contribution in [0.5, 0.6) is 5.75 Å². The van der Waals surface area contributed by atoms with Gasteiger partial charge in [-0.25, -0.2) is 0 Å². The standard InChI is InChI=1S/C24H23N3O5S/c1-32-19-10-6-5-9-18(19)27-15-17(14-21(27)28)22(29)25-11-12-26-23(30)20(33-24(26)31)13-16-7-3-2-4-8-16/h2-10,13,17H,11-12,14-15H2,1H3,(H,25,29). The summed E-state index contributed by atoms with van der Waals surface area (Å²) in [5.41, 5.74) is 1.46. The van der Waals surface area contributed by atoms with Crippen molar-refractivity contribution in [3.8, 4) is 5.75 Å². The van der Waals surface area contributed by atoms with Gasteiger partial charge in [-0.15, -0.1) is 0 Å². The molecule has 1 unspecified atom stereocenters. The van der Waals surface area contributed by atoms with Crippen LogP contribution in [0.25, 0.3) is 6.08 Å². The molecule has 0 aliphatic carbocycles. The van der Waals surface area contributed by atoms with E-state index in [2.05, 4.69) is 5.32 Å². The summed E-state index contributed by atoms with van der Waals surface area (Å²) in [6, 6.07) is 16.4. The van der Waals surface area contributed by atoms with Gasteiger partial charge < -0.3 is 15.0 Å². The average molecular weight is 466 g/mol. The zero-order valence-corrected chi connectivity index (χ0v) is 18.8. The van der Waals surface area contributed by atoms with Crippen LogP contribution in [-0.2, 0) is 14.4 Å². The lowest BCUT2D eigenvalue weighted by Crippen LogP contribution is -2.40. The Bertz CT molecular complexity index is 1120. The molecular weight excluding hydrogens is 442 g/mol. The number of imide groups is 1. The number of nitrogens with one attached hydrogen (secondary N) is 1. The molecule has 2 heterocycles. The summed E-state index contributed by atoms with van der Waals surface area (Å²) in [6.45, 7) is 0.431. The molecule has 2 fully saturated rings.